The van der Waals surface area contributed by atoms with Gasteiger partial charge in [-0.25, -0.2) is 0 Å². The standard InChI is InChI=1S/C12H10N/c1-9-5-3-6-10-7-4-8-11(13-2)12(9)10/h2-8H,1H3/q+1. The van der Waals surface area contributed by atoms with Crippen LogP contribution in [-0.4, -0.2) is 0 Å². The van der Waals surface area contributed by atoms with Crippen LogP contribution in [0.15, 0.2) is 36.4 Å². The number of nitrogens with zero attached hydrogens (tertiary/aromatic N) is 1. The van der Waals surface area contributed by atoms with Crippen LogP contribution in [0, 0.1) is 13.5 Å². The molecule has 0 radical (unpaired) electrons. The van der Waals surface area contributed by atoms with Gasteiger partial charge in [0.1, 0.15) is 0 Å². The van der Waals surface area contributed by atoms with Crippen molar-refractivity contribution in [2.24, 2.45) is 0 Å². The second-order valence-electron chi connectivity index (χ2n) is 3.08. The molecule has 0 aromatic heterocycles. The largest absolute Gasteiger partial charge is 0.347 e. The molecule has 0 atom stereocenters. The maximum absolute atomic E-state index is 5.31. The van der Waals surface area contributed by atoms with E-state index in [0.29, 0.717) is 0 Å². The van der Waals surface area contributed by atoms with Crippen molar-refractivity contribution in [3.8, 4) is 6.57 Å². The molecule has 0 N–H and O–H groups in total. The van der Waals surface area contributed by atoms with Crippen LogP contribution in [0.2, 0.25) is 0 Å². The molecule has 0 heterocycles. The Labute approximate surface area is 77.4 Å². The number of benzene rings is 2. The van der Waals surface area contributed by atoms with Crippen LogP contribution in [-0.2, 0) is 0 Å². The Morgan fingerprint density at radius 2 is 1.77 bits per heavy atom. The molecule has 0 unspecified atom stereocenters. The molecule has 0 spiro atoms. The summed E-state index contributed by atoms with van der Waals surface area (Å²) in [6.07, 6.45) is 0. The maximum Gasteiger partial charge on any atom is 0.347 e. The van der Waals surface area contributed by atoms with Crippen LogP contribution in [0.25, 0.3) is 15.6 Å². The Kier molecular flexibility index (Phi) is 1.75. The monoisotopic (exact) mass is 168 g/mol. The highest BCUT2D eigenvalue weighted by Crippen LogP contribution is 2.28. The first-order valence-electron chi connectivity index (χ1n) is 4.22. The van der Waals surface area contributed by atoms with Crippen LogP contribution in [0.5, 0.6) is 0 Å². The van der Waals surface area contributed by atoms with Gasteiger partial charge in [0, 0.05) is 6.07 Å². The summed E-state index contributed by atoms with van der Waals surface area (Å²) in [5.74, 6) is 0. The smallest absolute Gasteiger partial charge is 0.0614 e. The molecule has 2 aromatic carbocycles. The normalized spacial score (nSPS) is 9.85. The molecule has 0 aliphatic carbocycles. The Hall–Kier alpha value is -1.81. The molecule has 2 rings (SSSR count). The topological polar surface area (TPSA) is 4.36 Å². The molecule has 13 heavy (non-hydrogen) atoms. The maximum atomic E-state index is 5.31. The van der Waals surface area contributed by atoms with E-state index in [1.165, 1.54) is 10.9 Å². The van der Waals surface area contributed by atoms with Gasteiger partial charge in [0.05, 0.1) is 5.39 Å². The summed E-state index contributed by atoms with van der Waals surface area (Å²) in [5.41, 5.74) is 2.07. The number of hydrogen-bond acceptors (Lipinski definition) is 0. The third-order valence-corrected chi connectivity index (χ3v) is 2.23. The van der Waals surface area contributed by atoms with E-state index < -0.39 is 0 Å². The zero-order valence-corrected chi connectivity index (χ0v) is 7.49. The second-order valence-corrected chi connectivity index (χ2v) is 3.08. The highest BCUT2D eigenvalue weighted by molar-refractivity contribution is 5.96. The highest BCUT2D eigenvalue weighted by atomic mass is 14.6. The molecule has 1 nitrogen and oxygen atoms in total. The Balaban J connectivity index is 2.97. The summed E-state index contributed by atoms with van der Waals surface area (Å²) in [6, 6.07) is 12.1. The molecule has 1 heteroatoms. The lowest BCUT2D eigenvalue weighted by molar-refractivity contribution is 1.53. The van der Waals surface area contributed by atoms with Crippen molar-refractivity contribution >= 4 is 16.5 Å². The van der Waals surface area contributed by atoms with Gasteiger partial charge in [0.25, 0.3) is 6.57 Å². The highest BCUT2D eigenvalue weighted by Gasteiger charge is 2.08. The summed E-state index contributed by atoms with van der Waals surface area (Å²) in [7, 11) is 0. The van der Waals surface area contributed by atoms with Crippen molar-refractivity contribution < 1.29 is 0 Å². The molecule has 0 saturated carbocycles. The third kappa shape index (κ3) is 1.17. The molecule has 0 saturated heterocycles. The Morgan fingerprint density at radius 1 is 1.08 bits per heavy atom. The molecule has 62 valence electrons. The predicted octanol–water partition coefficient (Wildman–Crippen LogP) is 3.74. The SMILES string of the molecule is C#[N+]c1cccc2cccc(C)c12. The van der Waals surface area contributed by atoms with Gasteiger partial charge in [-0.1, -0.05) is 30.3 Å². The summed E-state index contributed by atoms with van der Waals surface area (Å²) in [4.78, 5) is 3.76. The minimum atomic E-state index is 0.857. The first-order chi connectivity index (χ1) is 6.33. The van der Waals surface area contributed by atoms with Gasteiger partial charge in [-0.05, 0) is 22.7 Å². The van der Waals surface area contributed by atoms with E-state index >= 15 is 0 Å². The van der Waals surface area contributed by atoms with E-state index in [0.717, 1.165) is 11.1 Å². The number of rotatable bonds is 0. The predicted molar refractivity (Wildman–Crippen MR) is 56.6 cm³/mol. The summed E-state index contributed by atoms with van der Waals surface area (Å²) < 4.78 is 0. The van der Waals surface area contributed by atoms with Gasteiger partial charge >= 0.3 is 5.69 Å². The Bertz CT molecular complexity index is 487. The van der Waals surface area contributed by atoms with Gasteiger partial charge in [0.2, 0.25) is 0 Å². The molecular weight excluding hydrogens is 158 g/mol. The zero-order valence-electron chi connectivity index (χ0n) is 7.49. The minimum absolute atomic E-state index is 0.857. The van der Waals surface area contributed by atoms with Crippen LogP contribution >= 0.6 is 0 Å². The van der Waals surface area contributed by atoms with Crippen LogP contribution in [0.3, 0.4) is 0 Å². The van der Waals surface area contributed by atoms with E-state index in [9.17, 15) is 0 Å². The first kappa shape index (κ1) is 7.82. The van der Waals surface area contributed by atoms with Crippen molar-refractivity contribution in [2.75, 3.05) is 0 Å². The average Bonchev–Trinajstić information content (AvgIpc) is 2.17. The Morgan fingerprint density at radius 3 is 2.46 bits per heavy atom. The van der Waals surface area contributed by atoms with Crippen molar-refractivity contribution in [3.63, 3.8) is 0 Å². The van der Waals surface area contributed by atoms with E-state index in [-0.39, 0.29) is 0 Å². The summed E-state index contributed by atoms with van der Waals surface area (Å²) in [6.45, 7) is 7.38. The van der Waals surface area contributed by atoms with E-state index in [1.807, 2.05) is 18.2 Å². The van der Waals surface area contributed by atoms with E-state index in [1.54, 1.807) is 0 Å². The quantitative estimate of drug-likeness (QED) is 0.564. The van der Waals surface area contributed by atoms with Crippen molar-refractivity contribution in [1.82, 2.24) is 0 Å². The minimum Gasteiger partial charge on any atom is -0.0614 e. The molecule has 0 aliphatic rings. The third-order valence-electron chi connectivity index (χ3n) is 2.23. The van der Waals surface area contributed by atoms with Crippen molar-refractivity contribution in [1.29, 1.82) is 0 Å². The first-order valence-corrected chi connectivity index (χ1v) is 4.22. The molecular formula is C12H10N+. The molecule has 0 aliphatic heterocycles. The molecule has 2 aromatic rings. The lowest BCUT2D eigenvalue weighted by Gasteiger charge is -1.97. The van der Waals surface area contributed by atoms with Gasteiger partial charge in [0.15, 0.2) is 0 Å². The molecule has 0 amide bonds. The van der Waals surface area contributed by atoms with Gasteiger partial charge in [-0.2, -0.15) is 0 Å². The van der Waals surface area contributed by atoms with Crippen molar-refractivity contribution in [3.05, 3.63) is 46.8 Å². The second kappa shape index (κ2) is 2.91. The van der Waals surface area contributed by atoms with E-state index in [4.69, 9.17) is 6.57 Å². The molecule has 0 bridgehead atoms. The van der Waals surface area contributed by atoms with Crippen LogP contribution in [0.4, 0.5) is 5.69 Å². The fraction of sp³-hybridized carbons (Fsp3) is 0.0833. The lowest BCUT2D eigenvalue weighted by atomic mass is 10.0. The van der Waals surface area contributed by atoms with Gasteiger partial charge in [-0.3, -0.25) is 0 Å². The number of aryl methyl sites for hydroxylation is 1. The number of hydrogen-bond donors (Lipinski definition) is 0. The van der Waals surface area contributed by atoms with Gasteiger partial charge < -0.3 is 0 Å². The lowest BCUT2D eigenvalue weighted by Crippen LogP contribution is -1.77. The summed E-state index contributed by atoms with van der Waals surface area (Å²) >= 11 is 0. The zero-order chi connectivity index (χ0) is 9.26. The fourth-order valence-electron chi connectivity index (χ4n) is 1.61. The number of fused-ring (bicyclic) bond motifs is 1. The molecule has 0 fully saturated rings. The average molecular weight is 168 g/mol. The van der Waals surface area contributed by atoms with Gasteiger partial charge in [-0.15, -0.1) is 0 Å². The van der Waals surface area contributed by atoms with Crippen molar-refractivity contribution in [2.45, 2.75) is 6.92 Å². The van der Waals surface area contributed by atoms with Crippen LogP contribution < -0.4 is 0 Å². The van der Waals surface area contributed by atoms with E-state index in [2.05, 4.69) is 30.0 Å². The van der Waals surface area contributed by atoms with Crippen LogP contribution in [0.1, 0.15) is 5.56 Å². The summed E-state index contributed by atoms with van der Waals surface area (Å²) in [5, 5.41) is 2.33. The fourth-order valence-corrected chi connectivity index (χ4v) is 1.61.